The van der Waals surface area contributed by atoms with E-state index in [1.165, 1.54) is 17.9 Å². The highest BCUT2D eigenvalue weighted by atomic mass is 32.2. The molecule has 1 aromatic rings. The summed E-state index contributed by atoms with van der Waals surface area (Å²) in [6.07, 6.45) is 1.89. The third-order valence-corrected chi connectivity index (χ3v) is 6.89. The number of hydrogen-bond donors (Lipinski definition) is 0. The number of carbonyl (C=O) groups is 2. The summed E-state index contributed by atoms with van der Waals surface area (Å²) in [5.74, 6) is -0.433. The topological polar surface area (TPSA) is 93.9 Å². The lowest BCUT2D eigenvalue weighted by Gasteiger charge is -2.45. The number of carbonyl (C=O) groups excluding carboxylic acids is 2. The molecule has 3 rings (SSSR count). The van der Waals surface area contributed by atoms with Gasteiger partial charge in [0.05, 0.1) is 28.5 Å². The van der Waals surface area contributed by atoms with Gasteiger partial charge >= 0.3 is 6.55 Å². The summed E-state index contributed by atoms with van der Waals surface area (Å²) >= 11 is 0. The number of nitrogens with zero attached hydrogens (tertiary/aromatic N) is 4. The molecule has 0 bridgehead atoms. The van der Waals surface area contributed by atoms with Crippen LogP contribution in [-0.4, -0.2) is 67.5 Å². The number of halogens is 2. The highest BCUT2D eigenvalue weighted by molar-refractivity contribution is 7.93. The first-order valence-electron chi connectivity index (χ1n) is 8.22. The van der Waals surface area contributed by atoms with Gasteiger partial charge in [-0.15, -0.1) is 0 Å². The molecule has 2 aliphatic rings. The molecule has 144 valence electrons. The van der Waals surface area contributed by atoms with Crippen LogP contribution >= 0.6 is 0 Å². The van der Waals surface area contributed by atoms with Crippen LogP contribution < -0.4 is 0 Å². The normalized spacial score (nSPS) is 29.2. The highest BCUT2D eigenvalue weighted by Crippen LogP contribution is 2.32. The van der Waals surface area contributed by atoms with E-state index < -0.39 is 33.7 Å². The van der Waals surface area contributed by atoms with E-state index in [2.05, 4.69) is 9.46 Å². The Morgan fingerprint density at radius 1 is 1.38 bits per heavy atom. The van der Waals surface area contributed by atoms with Gasteiger partial charge in [-0.05, 0) is 18.9 Å². The van der Waals surface area contributed by atoms with Crippen LogP contribution in [0.3, 0.4) is 0 Å². The molecule has 2 aliphatic heterocycles. The van der Waals surface area contributed by atoms with Crippen LogP contribution in [0.15, 0.2) is 16.6 Å². The molecule has 11 heteroatoms. The minimum absolute atomic E-state index is 0.0477. The molecule has 2 fully saturated rings. The number of morpholine rings is 1. The Bertz CT molecular complexity index is 817. The minimum atomic E-state index is -2.80. The fourth-order valence-corrected chi connectivity index (χ4v) is 5.52. The minimum Gasteiger partial charge on any atom is -0.371 e. The van der Waals surface area contributed by atoms with Crippen LogP contribution in [0.5, 0.6) is 0 Å². The Morgan fingerprint density at radius 3 is 2.65 bits per heavy atom. The number of hydrogen-bond acceptors (Lipinski definition) is 5. The summed E-state index contributed by atoms with van der Waals surface area (Å²) in [6.45, 7) is -0.637. The first kappa shape index (κ1) is 18.9. The molecule has 1 aromatic heterocycles. The van der Waals surface area contributed by atoms with Gasteiger partial charge in [-0.2, -0.15) is 18.2 Å². The van der Waals surface area contributed by atoms with Gasteiger partial charge in [-0.25, -0.2) is 8.89 Å². The van der Waals surface area contributed by atoms with E-state index in [1.807, 2.05) is 0 Å². The fourth-order valence-electron chi connectivity index (χ4n) is 3.29. The molecular weight excluding hydrogens is 370 g/mol. The number of aromatic nitrogens is 2. The molecule has 0 N–H and O–H groups in total. The van der Waals surface area contributed by atoms with Crippen LogP contribution in [0.1, 0.15) is 36.8 Å². The Hall–Kier alpha value is -1.88. The van der Waals surface area contributed by atoms with Gasteiger partial charge < -0.3 is 9.64 Å². The quantitative estimate of drug-likeness (QED) is 0.759. The molecule has 8 nitrogen and oxygen atoms in total. The predicted molar refractivity (Wildman–Crippen MR) is 88.3 cm³/mol. The van der Waals surface area contributed by atoms with Gasteiger partial charge in [-0.3, -0.25) is 9.59 Å². The second-order valence-electron chi connectivity index (χ2n) is 6.51. The number of rotatable bonds is 2. The maximum atomic E-state index is 12.6. The lowest BCUT2D eigenvalue weighted by Crippen LogP contribution is -2.56. The monoisotopic (exact) mass is 390 g/mol. The van der Waals surface area contributed by atoms with Crippen molar-refractivity contribution in [3.05, 3.63) is 18.0 Å². The first-order valence-corrected chi connectivity index (χ1v) is 10.1. The van der Waals surface area contributed by atoms with Crippen molar-refractivity contribution in [1.29, 1.82) is 0 Å². The van der Waals surface area contributed by atoms with Crippen molar-refractivity contribution in [2.75, 3.05) is 31.2 Å². The molecule has 2 saturated heterocycles. The molecule has 1 spiro atoms. The molecule has 0 radical (unpaired) electrons. The summed E-state index contributed by atoms with van der Waals surface area (Å²) in [5.41, 5.74) is -0.694. The van der Waals surface area contributed by atoms with E-state index in [9.17, 15) is 22.6 Å². The molecule has 0 unspecified atom stereocenters. The third-order valence-electron chi connectivity index (χ3n) is 4.61. The average Bonchev–Trinajstić information content (AvgIpc) is 3.07. The second-order valence-corrected chi connectivity index (χ2v) is 9.05. The number of amides is 2. The zero-order valence-corrected chi connectivity index (χ0v) is 15.1. The van der Waals surface area contributed by atoms with E-state index in [0.29, 0.717) is 30.7 Å². The maximum absolute atomic E-state index is 12.6. The summed E-state index contributed by atoms with van der Waals surface area (Å²) in [6, 6.07) is 1.26. The number of ether oxygens (including phenoxy) is 1. The van der Waals surface area contributed by atoms with Gasteiger partial charge in [0.2, 0.25) is 0 Å². The molecule has 0 aromatic carbocycles. The Kier molecular flexibility index (Phi) is 5.11. The zero-order chi connectivity index (χ0) is 18.9. The molecule has 3 heterocycles. The van der Waals surface area contributed by atoms with Gasteiger partial charge in [0.15, 0.2) is 5.69 Å². The predicted octanol–water partition coefficient (Wildman–Crippen LogP) is 1.30. The smallest absolute Gasteiger partial charge is 0.333 e. The van der Waals surface area contributed by atoms with Crippen molar-refractivity contribution in [3.63, 3.8) is 0 Å². The lowest BCUT2D eigenvalue weighted by atomic mass is 9.94. The van der Waals surface area contributed by atoms with Gasteiger partial charge in [0.25, 0.3) is 11.8 Å². The molecule has 26 heavy (non-hydrogen) atoms. The highest BCUT2D eigenvalue weighted by Gasteiger charge is 2.42. The van der Waals surface area contributed by atoms with Crippen molar-refractivity contribution >= 4 is 21.5 Å². The van der Waals surface area contributed by atoms with Crippen molar-refractivity contribution in [1.82, 2.24) is 14.7 Å². The van der Waals surface area contributed by atoms with E-state index in [1.54, 1.807) is 0 Å². The summed E-state index contributed by atoms with van der Waals surface area (Å²) in [4.78, 5) is 25.2. The molecule has 0 saturated carbocycles. The first-order chi connectivity index (χ1) is 12.2. The van der Waals surface area contributed by atoms with Crippen LogP contribution in [0.4, 0.5) is 8.78 Å². The Balaban J connectivity index is 1.70. The van der Waals surface area contributed by atoms with Crippen molar-refractivity contribution in [2.24, 2.45) is 4.36 Å². The number of alkyl halides is 2. The standard InChI is InChI=1S/C15H20F2N4O4S/c1-11(22)19-26(24)8-3-15(4-9-26)10-20(6-7-25-15)13(23)12-2-5-21(18-12)14(16)17/h2,5,14H,3-4,6-10H2,1H3. The van der Waals surface area contributed by atoms with Gasteiger partial charge in [0, 0.05) is 31.2 Å². The van der Waals surface area contributed by atoms with E-state index >= 15 is 0 Å². The van der Waals surface area contributed by atoms with Gasteiger partial charge in [0.1, 0.15) is 0 Å². The Morgan fingerprint density at radius 2 is 2.08 bits per heavy atom. The van der Waals surface area contributed by atoms with E-state index in [0.717, 1.165) is 6.20 Å². The van der Waals surface area contributed by atoms with Crippen LogP contribution in [0.2, 0.25) is 0 Å². The molecule has 0 atom stereocenters. The van der Waals surface area contributed by atoms with Crippen molar-refractivity contribution in [2.45, 2.75) is 31.9 Å². The van der Waals surface area contributed by atoms with E-state index in [-0.39, 0.29) is 23.7 Å². The van der Waals surface area contributed by atoms with E-state index in [4.69, 9.17) is 4.74 Å². The largest absolute Gasteiger partial charge is 0.371 e. The summed E-state index contributed by atoms with van der Waals surface area (Å²) < 4.78 is 47.8. The average molecular weight is 390 g/mol. The summed E-state index contributed by atoms with van der Waals surface area (Å²) in [7, 11) is -2.57. The molecule has 2 amide bonds. The van der Waals surface area contributed by atoms with Gasteiger partial charge in [-0.1, -0.05) is 0 Å². The molecule has 0 aliphatic carbocycles. The molecular formula is C15H20F2N4O4S. The second kappa shape index (κ2) is 7.03. The van der Waals surface area contributed by atoms with Crippen LogP contribution in [0, 0.1) is 0 Å². The van der Waals surface area contributed by atoms with Crippen molar-refractivity contribution < 1.29 is 27.3 Å². The van der Waals surface area contributed by atoms with Crippen molar-refractivity contribution in [3.8, 4) is 0 Å². The maximum Gasteiger partial charge on any atom is 0.333 e. The zero-order valence-electron chi connectivity index (χ0n) is 14.3. The third kappa shape index (κ3) is 3.93. The SMILES string of the molecule is CC(=O)N=S1(=O)CCC2(CC1)CN(C(=O)c1ccn(C(F)F)n1)CCO2. The fraction of sp³-hybridized carbons (Fsp3) is 0.667. The summed E-state index contributed by atoms with van der Waals surface area (Å²) in [5, 5.41) is 3.61. The lowest BCUT2D eigenvalue weighted by molar-refractivity contribution is -0.115. The Labute approximate surface area is 149 Å². The van der Waals surface area contributed by atoms with Crippen LogP contribution in [-0.2, 0) is 19.3 Å². The van der Waals surface area contributed by atoms with Crippen LogP contribution in [0.25, 0.3) is 0 Å².